The Kier molecular flexibility index (Phi) is 7.05. The van der Waals surface area contributed by atoms with Crippen LogP contribution in [0, 0.1) is 0 Å². The quantitative estimate of drug-likeness (QED) is 0.173. The van der Waals surface area contributed by atoms with Crippen LogP contribution in [0.25, 0.3) is 101 Å². The average molecular weight is 789 g/mol. The molecular weight excluding hydrogens is 757 g/mol. The van der Waals surface area contributed by atoms with Crippen LogP contribution >= 0.6 is 22.7 Å². The summed E-state index contributed by atoms with van der Waals surface area (Å²) < 4.78 is 14.3. The van der Waals surface area contributed by atoms with Crippen molar-refractivity contribution in [2.45, 2.75) is 0 Å². The van der Waals surface area contributed by atoms with Gasteiger partial charge in [0.1, 0.15) is 11.2 Å². The number of fused-ring (bicyclic) bond motifs is 12. The second kappa shape index (κ2) is 12.7. The van der Waals surface area contributed by atoms with E-state index in [0.717, 1.165) is 55.7 Å². The molecule has 0 aliphatic heterocycles. The molecule has 276 valence electrons. The van der Waals surface area contributed by atoms with E-state index in [1.807, 2.05) is 22.7 Å². The highest BCUT2D eigenvalue weighted by Gasteiger charge is 2.24. The van der Waals surface area contributed by atoms with E-state index >= 15 is 0 Å². The zero-order chi connectivity index (χ0) is 38.6. The topological polar surface area (TPSA) is 21.3 Å². The van der Waals surface area contributed by atoms with Crippen LogP contribution in [0.2, 0.25) is 0 Å². The molecule has 0 fully saturated rings. The number of anilines is 3. The summed E-state index contributed by atoms with van der Waals surface area (Å²) in [4.78, 5) is 2.36. The molecule has 0 N–H and O–H groups in total. The van der Waals surface area contributed by atoms with Gasteiger partial charge in [0.15, 0.2) is 0 Å². The summed E-state index contributed by atoms with van der Waals surface area (Å²) in [5.74, 6) is 0. The zero-order valence-corrected chi connectivity index (χ0v) is 33.2. The first-order chi connectivity index (χ1) is 29.2. The van der Waals surface area contributed by atoms with Crippen LogP contribution in [0.5, 0.6) is 0 Å². The second-order valence-corrected chi connectivity index (χ2v) is 17.4. The SMILES string of the molecule is c1ccc(N(c2ccc(-n3c4ccccc4c4c(-c5ccc6sc7ccccc7c6c5)c5c(cc43)oc3ccccc35)cc2)c2ccc3c(c2)sc2ccccc23)cc1. The third-order valence-corrected chi connectivity index (χ3v) is 14.3. The van der Waals surface area contributed by atoms with E-state index in [-0.39, 0.29) is 0 Å². The summed E-state index contributed by atoms with van der Waals surface area (Å²) in [6.45, 7) is 0. The van der Waals surface area contributed by atoms with Crippen LogP contribution in [0.1, 0.15) is 0 Å². The van der Waals surface area contributed by atoms with E-state index in [0.29, 0.717) is 0 Å². The summed E-state index contributed by atoms with van der Waals surface area (Å²) in [6.07, 6.45) is 0. The second-order valence-electron chi connectivity index (χ2n) is 15.2. The van der Waals surface area contributed by atoms with Gasteiger partial charge in [0, 0.05) is 96.3 Å². The molecule has 0 radical (unpaired) electrons. The Bertz CT molecular complexity index is 3790. The Morgan fingerprint density at radius 2 is 0.983 bits per heavy atom. The van der Waals surface area contributed by atoms with E-state index in [1.165, 1.54) is 62.2 Å². The summed E-state index contributed by atoms with van der Waals surface area (Å²) in [7, 11) is 0. The molecule has 9 aromatic carbocycles. The minimum Gasteiger partial charge on any atom is -0.456 e. The zero-order valence-electron chi connectivity index (χ0n) is 31.6. The molecule has 59 heavy (non-hydrogen) atoms. The molecule has 0 aliphatic rings. The van der Waals surface area contributed by atoms with Gasteiger partial charge in [-0.1, -0.05) is 103 Å². The lowest BCUT2D eigenvalue weighted by molar-refractivity contribution is 0.669. The molecule has 5 heteroatoms. The highest BCUT2D eigenvalue weighted by atomic mass is 32.1. The predicted molar refractivity (Wildman–Crippen MR) is 254 cm³/mol. The minimum atomic E-state index is 0.886. The third-order valence-electron chi connectivity index (χ3n) is 12.0. The Balaban J connectivity index is 1.03. The molecule has 4 heterocycles. The van der Waals surface area contributed by atoms with Crippen LogP contribution in [0.3, 0.4) is 0 Å². The van der Waals surface area contributed by atoms with Crippen molar-refractivity contribution in [1.82, 2.24) is 4.57 Å². The highest BCUT2D eigenvalue weighted by molar-refractivity contribution is 7.26. The Labute approximate surface area is 346 Å². The molecule has 13 aromatic rings. The van der Waals surface area contributed by atoms with Crippen LogP contribution in [-0.2, 0) is 0 Å². The van der Waals surface area contributed by atoms with Crippen molar-refractivity contribution in [2.75, 3.05) is 4.90 Å². The number of hydrogen-bond acceptors (Lipinski definition) is 4. The van der Waals surface area contributed by atoms with Gasteiger partial charge in [-0.15, -0.1) is 22.7 Å². The largest absolute Gasteiger partial charge is 0.456 e. The van der Waals surface area contributed by atoms with E-state index in [4.69, 9.17) is 4.42 Å². The van der Waals surface area contributed by atoms with Crippen molar-refractivity contribution in [3.05, 3.63) is 194 Å². The van der Waals surface area contributed by atoms with Crippen molar-refractivity contribution in [3.8, 4) is 16.8 Å². The van der Waals surface area contributed by atoms with Gasteiger partial charge in [-0.2, -0.15) is 0 Å². The van der Waals surface area contributed by atoms with Crippen molar-refractivity contribution < 1.29 is 4.42 Å². The van der Waals surface area contributed by atoms with Gasteiger partial charge in [0.25, 0.3) is 0 Å². The standard InChI is InChI=1S/C54H32N2OS2/c1-2-12-34(13-3-1)55(37-27-28-40-38-14-6-10-20-48(38)59-51(40)31-37)35-23-25-36(26-24-35)56-44-18-8-4-16-41(44)53-45(56)32-47-54(42-17-5-9-19-46(42)57-47)52(53)33-22-29-50-43(30-33)39-15-7-11-21-49(39)58-50/h1-32H. The number of thiophene rings is 2. The summed E-state index contributed by atoms with van der Waals surface area (Å²) in [5, 5.41) is 9.91. The number of rotatable bonds is 5. The lowest BCUT2D eigenvalue weighted by Gasteiger charge is -2.26. The number of aromatic nitrogens is 1. The third kappa shape index (κ3) is 4.93. The maximum Gasteiger partial charge on any atom is 0.138 e. The summed E-state index contributed by atoms with van der Waals surface area (Å²) in [5.41, 5.74) is 10.9. The van der Waals surface area contributed by atoms with E-state index in [9.17, 15) is 0 Å². The van der Waals surface area contributed by atoms with E-state index in [1.54, 1.807) is 0 Å². The van der Waals surface area contributed by atoms with Crippen molar-refractivity contribution in [1.29, 1.82) is 0 Å². The molecule has 0 unspecified atom stereocenters. The Hall–Kier alpha value is -7.18. The molecule has 0 saturated heterocycles. The first-order valence-electron chi connectivity index (χ1n) is 19.9. The van der Waals surface area contributed by atoms with Crippen molar-refractivity contribution >= 4 is 124 Å². The first kappa shape index (κ1) is 32.9. The predicted octanol–water partition coefficient (Wildman–Crippen LogP) is 16.6. The lowest BCUT2D eigenvalue weighted by Crippen LogP contribution is -2.09. The molecular formula is C54H32N2OS2. The van der Waals surface area contributed by atoms with Gasteiger partial charge in [-0.25, -0.2) is 0 Å². The molecule has 13 rings (SSSR count). The molecule has 0 spiro atoms. The smallest absolute Gasteiger partial charge is 0.138 e. The lowest BCUT2D eigenvalue weighted by atomic mass is 9.93. The molecule has 0 amide bonds. The fourth-order valence-electron chi connectivity index (χ4n) is 9.41. The fraction of sp³-hybridized carbons (Fsp3) is 0. The van der Waals surface area contributed by atoms with Crippen LogP contribution in [0.4, 0.5) is 17.1 Å². The molecule has 0 atom stereocenters. The molecule has 3 nitrogen and oxygen atoms in total. The van der Waals surface area contributed by atoms with Gasteiger partial charge >= 0.3 is 0 Å². The monoisotopic (exact) mass is 788 g/mol. The van der Waals surface area contributed by atoms with Gasteiger partial charge in [0.2, 0.25) is 0 Å². The minimum absolute atomic E-state index is 0.886. The maximum atomic E-state index is 6.73. The number of para-hydroxylation sites is 3. The normalized spacial score (nSPS) is 12.1. The van der Waals surface area contributed by atoms with Crippen LogP contribution < -0.4 is 4.90 Å². The molecule has 0 bridgehead atoms. The first-order valence-corrected chi connectivity index (χ1v) is 21.5. The number of hydrogen-bond donors (Lipinski definition) is 0. The van der Waals surface area contributed by atoms with Gasteiger partial charge in [-0.05, 0) is 90.5 Å². The summed E-state index contributed by atoms with van der Waals surface area (Å²) >= 11 is 3.71. The summed E-state index contributed by atoms with van der Waals surface area (Å²) in [6, 6.07) is 70.6. The average Bonchev–Trinajstić information content (AvgIpc) is 4.05. The number of benzene rings is 9. The number of nitrogens with zero attached hydrogens (tertiary/aromatic N) is 2. The van der Waals surface area contributed by atoms with Gasteiger partial charge < -0.3 is 13.9 Å². The number of furan rings is 1. The Morgan fingerprint density at radius 3 is 1.80 bits per heavy atom. The van der Waals surface area contributed by atoms with Crippen molar-refractivity contribution in [2.24, 2.45) is 0 Å². The maximum absolute atomic E-state index is 6.73. The fourth-order valence-corrected chi connectivity index (χ4v) is 11.6. The van der Waals surface area contributed by atoms with Crippen molar-refractivity contribution in [3.63, 3.8) is 0 Å². The molecule has 4 aromatic heterocycles. The van der Waals surface area contributed by atoms with Crippen LogP contribution in [0.15, 0.2) is 199 Å². The van der Waals surface area contributed by atoms with Gasteiger partial charge in [-0.3, -0.25) is 0 Å². The van der Waals surface area contributed by atoms with Crippen LogP contribution in [-0.4, -0.2) is 4.57 Å². The molecule has 0 aliphatic carbocycles. The van der Waals surface area contributed by atoms with Gasteiger partial charge in [0.05, 0.1) is 11.0 Å². The Morgan fingerprint density at radius 1 is 0.373 bits per heavy atom. The van der Waals surface area contributed by atoms with E-state index < -0.39 is 0 Å². The molecule has 0 saturated carbocycles. The highest BCUT2D eigenvalue weighted by Crippen LogP contribution is 2.48. The van der Waals surface area contributed by atoms with E-state index in [2.05, 4.69) is 204 Å².